The van der Waals surface area contributed by atoms with E-state index in [1.165, 1.54) is 16.8 Å². The summed E-state index contributed by atoms with van der Waals surface area (Å²) in [4.78, 5) is 4.51. The van der Waals surface area contributed by atoms with Gasteiger partial charge in [0.2, 0.25) is 5.88 Å². The molecule has 0 unspecified atom stereocenters. The van der Waals surface area contributed by atoms with Gasteiger partial charge >= 0.3 is 0 Å². The van der Waals surface area contributed by atoms with Gasteiger partial charge in [0.25, 0.3) is 0 Å². The molecule has 0 N–H and O–H groups in total. The van der Waals surface area contributed by atoms with Gasteiger partial charge in [-0.3, -0.25) is 0 Å². The third-order valence-corrected chi connectivity index (χ3v) is 4.25. The van der Waals surface area contributed by atoms with Gasteiger partial charge in [-0.25, -0.2) is 4.98 Å². The van der Waals surface area contributed by atoms with E-state index in [0.29, 0.717) is 5.88 Å². The predicted octanol–water partition coefficient (Wildman–Crippen LogP) is 3.82. The van der Waals surface area contributed by atoms with E-state index in [0.717, 1.165) is 37.1 Å². The molecule has 3 rings (SSSR count). The molecule has 4 heteroatoms. The van der Waals surface area contributed by atoms with E-state index < -0.39 is 0 Å². The van der Waals surface area contributed by atoms with Crippen LogP contribution in [-0.4, -0.2) is 30.2 Å². The molecule has 0 atom stereocenters. The number of benzene rings is 1. The monoisotopic (exact) mass is 324 g/mol. The lowest BCUT2D eigenvalue weighted by atomic mass is 10.0. The van der Waals surface area contributed by atoms with Gasteiger partial charge in [-0.1, -0.05) is 30.3 Å². The van der Waals surface area contributed by atoms with Gasteiger partial charge in [0, 0.05) is 32.0 Å². The Morgan fingerprint density at radius 2 is 1.92 bits per heavy atom. The smallest absolute Gasteiger partial charge is 0.238 e. The zero-order chi connectivity index (χ0) is 16.9. The Balaban J connectivity index is 2.07. The second-order valence-corrected chi connectivity index (χ2v) is 6.02. The van der Waals surface area contributed by atoms with E-state index in [1.54, 1.807) is 14.2 Å². The van der Waals surface area contributed by atoms with Crippen molar-refractivity contribution in [3.63, 3.8) is 0 Å². The summed E-state index contributed by atoms with van der Waals surface area (Å²) in [6, 6.07) is 12.8. The summed E-state index contributed by atoms with van der Waals surface area (Å²) in [5, 5.41) is 0. The average Bonchev–Trinajstić information content (AvgIpc) is 2.93. The van der Waals surface area contributed by atoms with Crippen molar-refractivity contribution in [2.75, 3.05) is 20.8 Å². The summed E-state index contributed by atoms with van der Waals surface area (Å²) in [6.45, 7) is 2.77. The van der Waals surface area contributed by atoms with Gasteiger partial charge < -0.3 is 13.9 Å². The first-order chi connectivity index (χ1) is 11.7. The molecule has 4 nitrogen and oxygen atoms in total. The van der Waals surface area contributed by atoms with Crippen molar-refractivity contribution in [3.05, 3.63) is 65.1 Å². The van der Waals surface area contributed by atoms with Crippen molar-refractivity contribution >= 4 is 5.52 Å². The van der Waals surface area contributed by atoms with Crippen molar-refractivity contribution in [1.82, 2.24) is 9.38 Å². The molecule has 126 valence electrons. The van der Waals surface area contributed by atoms with Gasteiger partial charge in [-0.2, -0.15) is 0 Å². The van der Waals surface area contributed by atoms with Crippen molar-refractivity contribution < 1.29 is 9.47 Å². The van der Waals surface area contributed by atoms with Crippen molar-refractivity contribution in [1.29, 1.82) is 0 Å². The molecule has 2 heterocycles. The molecule has 3 aromatic rings. The number of aromatic nitrogens is 2. The number of methoxy groups -OCH3 is 2. The van der Waals surface area contributed by atoms with Crippen LogP contribution in [0.3, 0.4) is 0 Å². The first-order valence-corrected chi connectivity index (χ1v) is 8.30. The lowest BCUT2D eigenvalue weighted by Crippen LogP contribution is -2.02. The van der Waals surface area contributed by atoms with Crippen LogP contribution in [0.5, 0.6) is 5.88 Å². The van der Waals surface area contributed by atoms with E-state index in [-0.39, 0.29) is 0 Å². The highest BCUT2D eigenvalue weighted by Crippen LogP contribution is 2.27. The zero-order valence-electron chi connectivity index (χ0n) is 14.6. The van der Waals surface area contributed by atoms with E-state index in [1.807, 2.05) is 6.92 Å². The van der Waals surface area contributed by atoms with Crippen LogP contribution < -0.4 is 4.74 Å². The van der Waals surface area contributed by atoms with Gasteiger partial charge in [0.15, 0.2) is 0 Å². The third-order valence-electron chi connectivity index (χ3n) is 4.25. The van der Waals surface area contributed by atoms with E-state index in [4.69, 9.17) is 9.47 Å². The Bertz CT molecular complexity index is 809. The Hall–Kier alpha value is -2.33. The molecular formula is C20H24N2O2. The highest BCUT2D eigenvalue weighted by atomic mass is 16.5. The van der Waals surface area contributed by atoms with Gasteiger partial charge in [0.05, 0.1) is 12.8 Å². The quantitative estimate of drug-likeness (QED) is 0.620. The molecule has 0 aliphatic rings. The second-order valence-electron chi connectivity index (χ2n) is 6.02. The van der Waals surface area contributed by atoms with Crippen LogP contribution in [0.15, 0.2) is 42.6 Å². The van der Waals surface area contributed by atoms with Crippen LogP contribution in [0.25, 0.3) is 5.52 Å². The van der Waals surface area contributed by atoms with Crippen LogP contribution in [0.4, 0.5) is 0 Å². The number of hydrogen-bond acceptors (Lipinski definition) is 3. The molecule has 0 aliphatic carbocycles. The number of nitrogens with zero attached hydrogens (tertiary/aromatic N) is 2. The molecular weight excluding hydrogens is 300 g/mol. The average molecular weight is 324 g/mol. The summed E-state index contributed by atoms with van der Waals surface area (Å²) in [7, 11) is 3.42. The predicted molar refractivity (Wildman–Crippen MR) is 95.9 cm³/mol. The highest BCUT2D eigenvalue weighted by Gasteiger charge is 2.15. The fraction of sp³-hybridized carbons (Fsp3) is 0.350. The fourth-order valence-corrected chi connectivity index (χ4v) is 3.12. The van der Waals surface area contributed by atoms with Crippen LogP contribution in [0, 0.1) is 6.92 Å². The Morgan fingerprint density at radius 3 is 2.62 bits per heavy atom. The maximum atomic E-state index is 5.50. The molecule has 0 fully saturated rings. The Labute approximate surface area is 143 Å². The topological polar surface area (TPSA) is 35.8 Å². The summed E-state index contributed by atoms with van der Waals surface area (Å²) in [6.07, 6.45) is 4.98. The zero-order valence-corrected chi connectivity index (χ0v) is 14.6. The SMILES string of the molecule is COCCCc1cc2c(OC)nc(C)cn2c1Cc1ccccc1. The third kappa shape index (κ3) is 3.44. The standard InChI is InChI=1S/C20H24N2O2/c1-15-14-22-18(12-16-8-5-4-6-9-16)17(10-7-11-23-2)13-19(22)20(21-15)24-3/h4-6,8-9,13-14H,7,10-12H2,1-3H3. The first-order valence-electron chi connectivity index (χ1n) is 8.30. The minimum atomic E-state index is 0.683. The molecule has 24 heavy (non-hydrogen) atoms. The second kappa shape index (κ2) is 7.49. The Kier molecular flexibility index (Phi) is 5.16. The van der Waals surface area contributed by atoms with Crippen LogP contribution >= 0.6 is 0 Å². The Morgan fingerprint density at radius 1 is 1.12 bits per heavy atom. The minimum Gasteiger partial charge on any atom is -0.479 e. The summed E-state index contributed by atoms with van der Waals surface area (Å²) in [5.74, 6) is 0.683. The summed E-state index contributed by atoms with van der Waals surface area (Å²) < 4.78 is 12.9. The van der Waals surface area contributed by atoms with Crippen LogP contribution in [-0.2, 0) is 17.6 Å². The first kappa shape index (κ1) is 16.5. The number of ether oxygens (including phenoxy) is 2. The van der Waals surface area contributed by atoms with Crippen LogP contribution in [0.2, 0.25) is 0 Å². The highest BCUT2D eigenvalue weighted by molar-refractivity contribution is 5.62. The largest absolute Gasteiger partial charge is 0.479 e. The van der Waals surface area contributed by atoms with Crippen molar-refractivity contribution in [3.8, 4) is 5.88 Å². The van der Waals surface area contributed by atoms with Crippen LogP contribution in [0.1, 0.15) is 28.9 Å². The molecule has 1 aromatic carbocycles. The number of rotatable bonds is 7. The summed E-state index contributed by atoms with van der Waals surface area (Å²) in [5.41, 5.74) is 5.92. The minimum absolute atomic E-state index is 0.683. The molecule has 0 bridgehead atoms. The number of hydrogen-bond donors (Lipinski definition) is 0. The van der Waals surface area contributed by atoms with Gasteiger partial charge in [0.1, 0.15) is 5.52 Å². The maximum Gasteiger partial charge on any atom is 0.238 e. The molecule has 0 saturated heterocycles. The van der Waals surface area contributed by atoms with Crippen molar-refractivity contribution in [2.24, 2.45) is 0 Å². The lowest BCUT2D eigenvalue weighted by molar-refractivity contribution is 0.195. The molecule has 0 radical (unpaired) electrons. The maximum absolute atomic E-state index is 5.50. The van der Waals surface area contributed by atoms with E-state index >= 15 is 0 Å². The fourth-order valence-electron chi connectivity index (χ4n) is 3.12. The van der Waals surface area contributed by atoms with Gasteiger partial charge in [-0.15, -0.1) is 0 Å². The molecule has 0 amide bonds. The molecule has 2 aromatic heterocycles. The van der Waals surface area contributed by atoms with E-state index in [9.17, 15) is 0 Å². The van der Waals surface area contributed by atoms with E-state index in [2.05, 4.69) is 52.0 Å². The number of fused-ring (bicyclic) bond motifs is 1. The molecule has 0 saturated carbocycles. The molecule has 0 aliphatic heterocycles. The summed E-state index contributed by atoms with van der Waals surface area (Å²) >= 11 is 0. The lowest BCUT2D eigenvalue weighted by Gasteiger charge is -2.09. The molecule has 0 spiro atoms. The normalized spacial score (nSPS) is 11.1. The number of aryl methyl sites for hydroxylation is 2. The van der Waals surface area contributed by atoms with Crippen molar-refractivity contribution in [2.45, 2.75) is 26.2 Å². The van der Waals surface area contributed by atoms with Gasteiger partial charge in [-0.05, 0) is 37.0 Å².